The minimum atomic E-state index is -4.74. The summed E-state index contributed by atoms with van der Waals surface area (Å²) < 4.78 is 67.5. The van der Waals surface area contributed by atoms with E-state index in [1.165, 1.54) is 23.0 Å². The maximum atomic E-state index is 13.7. The van der Waals surface area contributed by atoms with E-state index in [4.69, 9.17) is 9.47 Å². The molecule has 236 valence electrons. The lowest BCUT2D eigenvalue weighted by Gasteiger charge is -2.26. The molecule has 0 atom stereocenters. The van der Waals surface area contributed by atoms with Gasteiger partial charge in [-0.2, -0.15) is 18.3 Å². The largest absolute Gasteiger partial charge is 0.435 e. The number of nitrogens with zero attached hydrogens (tertiary/aromatic N) is 6. The van der Waals surface area contributed by atoms with Crippen LogP contribution in [0.1, 0.15) is 28.5 Å². The van der Waals surface area contributed by atoms with Crippen LogP contribution in [0.3, 0.4) is 0 Å². The number of anilines is 2. The molecule has 0 unspecified atom stereocenters. The van der Waals surface area contributed by atoms with Crippen LogP contribution in [0.5, 0.6) is 0 Å². The zero-order valence-corrected chi connectivity index (χ0v) is 24.2. The van der Waals surface area contributed by atoms with Crippen molar-refractivity contribution in [3.63, 3.8) is 0 Å². The van der Waals surface area contributed by atoms with E-state index in [1.54, 1.807) is 12.1 Å². The van der Waals surface area contributed by atoms with Gasteiger partial charge in [0, 0.05) is 56.0 Å². The third-order valence-electron chi connectivity index (χ3n) is 7.23. The van der Waals surface area contributed by atoms with Gasteiger partial charge in [-0.05, 0) is 30.2 Å². The molecule has 0 aliphatic carbocycles. The van der Waals surface area contributed by atoms with Crippen LogP contribution < -0.4 is 10.6 Å². The summed E-state index contributed by atoms with van der Waals surface area (Å²) in [5.74, 6) is 0.0917. The van der Waals surface area contributed by atoms with E-state index in [2.05, 4.69) is 30.6 Å². The number of alkyl halides is 4. The lowest BCUT2D eigenvalue weighted by molar-refractivity contribution is -0.141. The number of amides is 1. The van der Waals surface area contributed by atoms with Crippen molar-refractivity contribution in [2.75, 3.05) is 64.6 Å². The van der Waals surface area contributed by atoms with Crippen molar-refractivity contribution in [1.29, 1.82) is 0 Å². The van der Waals surface area contributed by atoms with E-state index in [1.807, 2.05) is 13.0 Å². The number of benzene rings is 1. The number of nitrogens with one attached hydrogen (secondary N) is 2. The molecule has 4 heterocycles. The summed E-state index contributed by atoms with van der Waals surface area (Å²) in [6.07, 6.45) is 1.23. The molecule has 1 aromatic carbocycles. The molecule has 1 amide bonds. The molecule has 15 heteroatoms. The number of hydrogen-bond donors (Lipinski definition) is 2. The summed E-state index contributed by atoms with van der Waals surface area (Å²) in [5, 5.41) is 9.61. The van der Waals surface area contributed by atoms with Gasteiger partial charge in [-0.3, -0.25) is 18.8 Å². The van der Waals surface area contributed by atoms with E-state index in [0.29, 0.717) is 43.2 Å². The predicted molar refractivity (Wildman–Crippen MR) is 155 cm³/mol. The lowest BCUT2D eigenvalue weighted by atomic mass is 10.0. The Bertz CT molecular complexity index is 1570. The molecule has 5 rings (SSSR count). The van der Waals surface area contributed by atoms with Crippen molar-refractivity contribution >= 4 is 23.1 Å². The molecule has 0 saturated carbocycles. The van der Waals surface area contributed by atoms with E-state index in [-0.39, 0.29) is 29.4 Å². The lowest BCUT2D eigenvalue weighted by Crippen LogP contribution is -2.38. The van der Waals surface area contributed by atoms with Crippen LogP contribution in [0.25, 0.3) is 16.9 Å². The highest BCUT2D eigenvalue weighted by atomic mass is 19.4. The number of morpholine rings is 1. The molecule has 1 saturated heterocycles. The Hall–Kier alpha value is -4.08. The first kappa shape index (κ1) is 31.3. The zero-order chi connectivity index (χ0) is 31.1. The first-order chi connectivity index (χ1) is 21.3. The fourth-order valence-corrected chi connectivity index (χ4v) is 5.00. The molecular formula is C29H34F4N8O3. The van der Waals surface area contributed by atoms with Gasteiger partial charge >= 0.3 is 6.18 Å². The second-order valence-corrected chi connectivity index (χ2v) is 10.1. The number of fused-ring (bicyclic) bond motifs is 1. The molecule has 0 bridgehead atoms. The second-order valence-electron chi connectivity index (χ2n) is 10.1. The number of aromatic nitrogens is 5. The Labute approximate surface area is 251 Å². The molecule has 11 nitrogen and oxygen atoms in total. The number of imidazole rings is 1. The van der Waals surface area contributed by atoms with Crippen LogP contribution in [0.15, 0.2) is 43.0 Å². The third-order valence-corrected chi connectivity index (χ3v) is 7.23. The number of ether oxygens (including phenoxy) is 2. The Morgan fingerprint density at radius 1 is 1.14 bits per heavy atom. The minimum Gasteiger partial charge on any atom is -0.379 e. The smallest absolute Gasteiger partial charge is 0.379 e. The van der Waals surface area contributed by atoms with Crippen LogP contribution in [-0.4, -0.2) is 94.2 Å². The topological polar surface area (TPSA) is 111 Å². The summed E-state index contributed by atoms with van der Waals surface area (Å²) in [6, 6.07) is 5.26. The summed E-state index contributed by atoms with van der Waals surface area (Å²) >= 11 is 0. The van der Waals surface area contributed by atoms with Crippen molar-refractivity contribution < 1.29 is 31.8 Å². The van der Waals surface area contributed by atoms with E-state index in [9.17, 15) is 22.4 Å². The number of rotatable bonds is 13. The van der Waals surface area contributed by atoms with Gasteiger partial charge in [-0.25, -0.2) is 14.4 Å². The van der Waals surface area contributed by atoms with Gasteiger partial charge in [0.25, 0.3) is 5.91 Å². The molecule has 1 aliphatic rings. The van der Waals surface area contributed by atoms with Crippen LogP contribution in [0.2, 0.25) is 0 Å². The Kier molecular flexibility index (Phi) is 10.1. The highest BCUT2D eigenvalue weighted by Crippen LogP contribution is 2.37. The van der Waals surface area contributed by atoms with E-state index in [0.717, 1.165) is 49.3 Å². The van der Waals surface area contributed by atoms with Gasteiger partial charge in [0.15, 0.2) is 17.2 Å². The number of hydrogen-bond acceptors (Lipinski definition) is 8. The van der Waals surface area contributed by atoms with Gasteiger partial charge < -0.3 is 20.1 Å². The van der Waals surface area contributed by atoms with Crippen LogP contribution in [0, 0.1) is 0 Å². The monoisotopic (exact) mass is 618 g/mol. The first-order valence-electron chi connectivity index (χ1n) is 14.4. The van der Waals surface area contributed by atoms with Crippen molar-refractivity contribution in [3.8, 4) is 11.3 Å². The minimum absolute atomic E-state index is 0.134. The predicted octanol–water partition coefficient (Wildman–Crippen LogP) is 3.97. The quantitative estimate of drug-likeness (QED) is 0.171. The Balaban J connectivity index is 1.25. The SMILES string of the molecule is CCc1cc(Nc2nccn3c(-c4cn(CCF)nc4C(F)(F)F)cnc23)ccc1C(=O)NCCOCCN1CCOCC1. The number of carbonyl (C=O) groups is 1. The average Bonchev–Trinajstić information content (AvgIpc) is 3.64. The van der Waals surface area contributed by atoms with E-state index >= 15 is 0 Å². The van der Waals surface area contributed by atoms with Crippen LogP contribution in [0.4, 0.5) is 29.1 Å². The van der Waals surface area contributed by atoms with Crippen molar-refractivity contribution in [2.45, 2.75) is 26.1 Å². The number of aryl methyl sites for hydroxylation is 2. The number of carbonyl (C=O) groups excluding carboxylic acids is 1. The Morgan fingerprint density at radius 2 is 1.95 bits per heavy atom. The first-order valence-corrected chi connectivity index (χ1v) is 14.4. The molecule has 3 aromatic heterocycles. The standard InChI is InChI=1S/C29H34F4N8O3/c1-2-20-17-21(3-4-22(20)28(42)35-7-13-43-14-10-39-11-15-44-16-12-39)37-26-27-36-18-24(41(27)9-6-34-26)23-19-40(8-5-30)38-25(23)29(31,32)33/h3-4,6,9,17-19H,2,5,7-8,10-16H2,1H3,(H,34,37)(H,35,42). The van der Waals surface area contributed by atoms with Gasteiger partial charge in [0.1, 0.15) is 6.67 Å². The third kappa shape index (κ3) is 7.34. The highest BCUT2D eigenvalue weighted by molar-refractivity contribution is 5.96. The maximum Gasteiger partial charge on any atom is 0.435 e. The van der Waals surface area contributed by atoms with Gasteiger partial charge in [-0.15, -0.1) is 0 Å². The van der Waals surface area contributed by atoms with Crippen LogP contribution in [-0.2, 0) is 28.6 Å². The van der Waals surface area contributed by atoms with E-state index < -0.39 is 18.5 Å². The molecule has 1 fully saturated rings. The molecule has 1 aliphatic heterocycles. The number of halogens is 4. The molecule has 4 aromatic rings. The molecule has 2 N–H and O–H groups in total. The van der Waals surface area contributed by atoms with Gasteiger partial charge in [0.2, 0.25) is 0 Å². The molecule has 44 heavy (non-hydrogen) atoms. The molecular weight excluding hydrogens is 584 g/mol. The maximum absolute atomic E-state index is 13.7. The molecule has 0 spiro atoms. The van der Waals surface area contributed by atoms with Gasteiger partial charge in [0.05, 0.1) is 50.4 Å². The van der Waals surface area contributed by atoms with Crippen LogP contribution >= 0.6 is 0 Å². The highest BCUT2D eigenvalue weighted by Gasteiger charge is 2.38. The second kappa shape index (κ2) is 14.1. The van der Waals surface area contributed by atoms with Gasteiger partial charge in [-0.1, -0.05) is 6.92 Å². The zero-order valence-electron chi connectivity index (χ0n) is 24.2. The van der Waals surface area contributed by atoms with Crippen molar-refractivity contribution in [2.24, 2.45) is 0 Å². The van der Waals surface area contributed by atoms with Crippen molar-refractivity contribution in [1.82, 2.24) is 34.4 Å². The molecule has 0 radical (unpaired) electrons. The van der Waals surface area contributed by atoms with Crippen molar-refractivity contribution in [3.05, 3.63) is 59.8 Å². The normalized spacial score (nSPS) is 14.3. The fraction of sp³-hybridized carbons (Fsp3) is 0.448. The average molecular weight is 619 g/mol. The fourth-order valence-electron chi connectivity index (χ4n) is 5.00. The summed E-state index contributed by atoms with van der Waals surface area (Å²) in [6.45, 7) is 6.25. The summed E-state index contributed by atoms with van der Waals surface area (Å²) in [5.41, 5.74) is 1.03. The summed E-state index contributed by atoms with van der Waals surface area (Å²) in [7, 11) is 0. The summed E-state index contributed by atoms with van der Waals surface area (Å²) in [4.78, 5) is 23.8. The Morgan fingerprint density at radius 3 is 2.70 bits per heavy atom.